The van der Waals surface area contributed by atoms with E-state index in [-0.39, 0.29) is 0 Å². The first-order chi connectivity index (χ1) is 8.78. The number of ether oxygens (including phenoxy) is 2. The van der Waals surface area contributed by atoms with Crippen LogP contribution in [0.25, 0.3) is 0 Å². The Morgan fingerprint density at radius 3 is 1.67 bits per heavy atom. The van der Waals surface area contributed by atoms with Gasteiger partial charge >= 0.3 is 9.53 Å². The fourth-order valence-electron chi connectivity index (χ4n) is 1.43. The van der Waals surface area contributed by atoms with Crippen molar-refractivity contribution in [3.63, 3.8) is 0 Å². The van der Waals surface area contributed by atoms with E-state index in [4.69, 9.17) is 22.8 Å². The minimum Gasteiger partial charge on any atom is -0.376 e. The summed E-state index contributed by atoms with van der Waals surface area (Å²) >= 11 is 0. The zero-order valence-corrected chi connectivity index (χ0v) is 13.0. The summed E-state index contributed by atoms with van der Waals surface area (Å²) in [5.74, 6) is 0. The summed E-state index contributed by atoms with van der Waals surface area (Å²) in [5.41, 5.74) is 0. The Hall–Kier alpha value is 0.0169. The Balaban J connectivity index is 0.000000182. The molecule has 2 unspecified atom stereocenters. The molecule has 1 saturated heterocycles. The van der Waals surface area contributed by atoms with Crippen molar-refractivity contribution in [3.8, 4) is 0 Å². The van der Waals surface area contributed by atoms with Crippen molar-refractivity contribution in [2.24, 2.45) is 0 Å². The molecule has 1 heterocycles. The average molecular weight is 278 g/mol. The quantitative estimate of drug-likeness (QED) is 0.471. The lowest BCUT2D eigenvalue weighted by Crippen LogP contribution is -2.27. The highest BCUT2D eigenvalue weighted by Crippen LogP contribution is 2.49. The van der Waals surface area contributed by atoms with Crippen molar-refractivity contribution in [3.05, 3.63) is 0 Å². The maximum atomic E-state index is 5.34. The molecule has 2 fully saturated rings. The largest absolute Gasteiger partial charge is 0.484 e. The Kier molecular flexibility index (Phi) is 8.04. The molecule has 0 aromatic carbocycles. The van der Waals surface area contributed by atoms with E-state index in [9.17, 15) is 0 Å². The van der Waals surface area contributed by atoms with Crippen LogP contribution in [-0.2, 0) is 22.8 Å². The van der Waals surface area contributed by atoms with Crippen molar-refractivity contribution >= 4 is 9.53 Å². The van der Waals surface area contributed by atoms with Crippen LogP contribution in [0.5, 0.6) is 0 Å². The summed E-state index contributed by atoms with van der Waals surface area (Å²) in [5, 5.41) is 0. The molecule has 0 spiro atoms. The summed E-state index contributed by atoms with van der Waals surface area (Å²) < 4.78 is 26.0. The maximum absolute atomic E-state index is 5.34. The topological polar surface area (TPSA) is 49.5 Å². The third-order valence-corrected chi connectivity index (χ3v) is 4.31. The molecule has 1 aliphatic carbocycles. The monoisotopic (exact) mass is 278 g/mol. The molecule has 0 radical (unpaired) electrons. The predicted molar refractivity (Wildman–Crippen MR) is 70.7 cm³/mol. The van der Waals surface area contributed by atoms with E-state index in [0.717, 1.165) is 13.0 Å². The SMILES string of the molecule is CCCOC1C2OC12.CCO[SiH](OCC)OCC. The van der Waals surface area contributed by atoms with Crippen LogP contribution in [0.15, 0.2) is 0 Å². The molecule has 0 aromatic rings. The van der Waals surface area contributed by atoms with Crippen LogP contribution in [0.3, 0.4) is 0 Å². The van der Waals surface area contributed by atoms with E-state index < -0.39 is 9.53 Å². The molecule has 2 aliphatic rings. The molecular formula is C12H26O5Si. The number of hydrogen-bond donors (Lipinski definition) is 0. The Labute approximate surface area is 112 Å². The highest BCUT2D eigenvalue weighted by Gasteiger charge is 2.69. The van der Waals surface area contributed by atoms with Crippen LogP contribution in [0.2, 0.25) is 0 Å². The molecular weight excluding hydrogens is 252 g/mol. The van der Waals surface area contributed by atoms with E-state index in [2.05, 4.69) is 6.92 Å². The first-order valence-electron chi connectivity index (χ1n) is 6.90. The van der Waals surface area contributed by atoms with Gasteiger partial charge in [0.25, 0.3) is 0 Å². The maximum Gasteiger partial charge on any atom is 0.484 e. The lowest BCUT2D eigenvalue weighted by molar-refractivity contribution is 0.0223. The van der Waals surface area contributed by atoms with Gasteiger partial charge in [-0.15, -0.1) is 0 Å². The van der Waals surface area contributed by atoms with Gasteiger partial charge in [-0.1, -0.05) is 6.92 Å². The Morgan fingerprint density at radius 2 is 1.39 bits per heavy atom. The van der Waals surface area contributed by atoms with Crippen molar-refractivity contribution < 1.29 is 22.8 Å². The number of hydrogen-bond acceptors (Lipinski definition) is 5. The highest BCUT2D eigenvalue weighted by atomic mass is 28.3. The smallest absolute Gasteiger partial charge is 0.376 e. The van der Waals surface area contributed by atoms with Gasteiger partial charge in [-0.05, 0) is 27.2 Å². The molecule has 18 heavy (non-hydrogen) atoms. The van der Waals surface area contributed by atoms with Crippen LogP contribution >= 0.6 is 0 Å². The first kappa shape index (κ1) is 16.1. The minimum atomic E-state index is -1.73. The first-order valence-corrected chi connectivity index (χ1v) is 8.31. The van der Waals surface area contributed by atoms with Crippen LogP contribution < -0.4 is 0 Å². The van der Waals surface area contributed by atoms with E-state index >= 15 is 0 Å². The van der Waals surface area contributed by atoms with Crippen molar-refractivity contribution in [2.75, 3.05) is 26.4 Å². The fraction of sp³-hybridized carbons (Fsp3) is 1.00. The zero-order valence-electron chi connectivity index (χ0n) is 11.9. The molecule has 0 bridgehead atoms. The van der Waals surface area contributed by atoms with Crippen LogP contribution in [0, 0.1) is 0 Å². The van der Waals surface area contributed by atoms with E-state index in [1.165, 1.54) is 0 Å². The summed E-state index contributed by atoms with van der Waals surface area (Å²) in [6, 6.07) is 0. The molecule has 1 aliphatic heterocycles. The minimum absolute atomic E-state index is 0.495. The van der Waals surface area contributed by atoms with E-state index in [1.807, 2.05) is 20.8 Å². The molecule has 6 heteroatoms. The van der Waals surface area contributed by atoms with Gasteiger partial charge in [0.1, 0.15) is 18.3 Å². The van der Waals surface area contributed by atoms with E-state index in [1.54, 1.807) is 0 Å². The predicted octanol–water partition coefficient (Wildman–Crippen LogP) is 1.38. The average Bonchev–Trinajstić information content (AvgIpc) is 3.22. The summed E-state index contributed by atoms with van der Waals surface area (Å²) in [7, 11) is -1.73. The fourth-order valence-corrected chi connectivity index (χ4v) is 2.54. The summed E-state index contributed by atoms with van der Waals surface area (Å²) in [6.45, 7) is 10.9. The van der Waals surface area contributed by atoms with Gasteiger partial charge in [0.05, 0.1) is 0 Å². The molecule has 108 valence electrons. The number of fused-ring (bicyclic) bond motifs is 1. The van der Waals surface area contributed by atoms with Gasteiger partial charge < -0.3 is 22.8 Å². The van der Waals surface area contributed by atoms with Gasteiger partial charge in [0.2, 0.25) is 0 Å². The standard InChI is InChI=1S/C6H16O3Si.C6H10O2/c1-4-7-10(8-5-2)9-6-3;1-2-3-7-4-5-6(4)8-5/h10H,4-6H2,1-3H3;4-6H,2-3H2,1H3. The van der Waals surface area contributed by atoms with Gasteiger partial charge in [-0.2, -0.15) is 0 Å². The zero-order chi connectivity index (χ0) is 13.4. The van der Waals surface area contributed by atoms with E-state index in [0.29, 0.717) is 38.1 Å². The second-order valence-corrected chi connectivity index (χ2v) is 5.63. The van der Waals surface area contributed by atoms with Gasteiger partial charge in [0.15, 0.2) is 0 Å². The third kappa shape index (κ3) is 5.77. The van der Waals surface area contributed by atoms with Gasteiger partial charge in [-0.3, -0.25) is 0 Å². The second kappa shape index (κ2) is 9.01. The Morgan fingerprint density at radius 1 is 0.889 bits per heavy atom. The lowest BCUT2D eigenvalue weighted by atomic mass is 10.5. The van der Waals surface area contributed by atoms with Crippen LogP contribution in [-0.4, -0.2) is 54.3 Å². The highest BCUT2D eigenvalue weighted by molar-refractivity contribution is 6.36. The van der Waals surface area contributed by atoms with Crippen molar-refractivity contribution in [1.29, 1.82) is 0 Å². The lowest BCUT2D eigenvalue weighted by Gasteiger charge is -2.12. The van der Waals surface area contributed by atoms with Gasteiger partial charge in [0, 0.05) is 26.4 Å². The van der Waals surface area contributed by atoms with Crippen molar-refractivity contribution in [1.82, 2.24) is 0 Å². The van der Waals surface area contributed by atoms with Crippen molar-refractivity contribution in [2.45, 2.75) is 52.4 Å². The molecule has 2 rings (SSSR count). The molecule has 0 N–H and O–H groups in total. The van der Waals surface area contributed by atoms with Crippen LogP contribution in [0.4, 0.5) is 0 Å². The van der Waals surface area contributed by atoms with Gasteiger partial charge in [-0.25, -0.2) is 0 Å². The second-order valence-electron chi connectivity index (χ2n) is 4.06. The Bertz CT molecular complexity index is 194. The molecule has 2 atom stereocenters. The third-order valence-electron chi connectivity index (χ3n) is 2.49. The summed E-state index contributed by atoms with van der Waals surface area (Å²) in [4.78, 5) is 0. The van der Waals surface area contributed by atoms with Crippen LogP contribution in [0.1, 0.15) is 34.1 Å². The molecule has 0 aromatic heterocycles. The molecule has 1 saturated carbocycles. The molecule has 0 amide bonds. The number of rotatable bonds is 9. The number of epoxide rings is 1. The summed E-state index contributed by atoms with van der Waals surface area (Å²) in [6.07, 6.45) is 2.65. The normalized spacial score (nSPS) is 27.5. The molecule has 5 nitrogen and oxygen atoms in total.